The van der Waals surface area contributed by atoms with E-state index in [1.807, 2.05) is 36.3 Å². The monoisotopic (exact) mass is 325 g/mol. The van der Waals surface area contributed by atoms with Gasteiger partial charge < -0.3 is 15.0 Å². The highest BCUT2D eigenvalue weighted by Gasteiger charge is 2.38. The van der Waals surface area contributed by atoms with E-state index in [9.17, 15) is 4.79 Å². The van der Waals surface area contributed by atoms with Crippen molar-refractivity contribution in [2.75, 3.05) is 14.2 Å². The molecule has 2 atom stereocenters. The molecule has 1 fully saturated rings. The quantitative estimate of drug-likeness (QED) is 0.885. The minimum atomic E-state index is 0.0216. The number of rotatable bonds is 6. The van der Waals surface area contributed by atoms with Crippen molar-refractivity contribution in [2.45, 2.75) is 31.7 Å². The molecular weight excluding hydrogens is 302 g/mol. The molecule has 5 nitrogen and oxygen atoms in total. The molecule has 24 heavy (non-hydrogen) atoms. The Morgan fingerprint density at radius 1 is 1.29 bits per heavy atom. The smallest absolute Gasteiger partial charge is 0.224 e. The van der Waals surface area contributed by atoms with Gasteiger partial charge in [-0.15, -0.1) is 0 Å². The van der Waals surface area contributed by atoms with Gasteiger partial charge in [0.1, 0.15) is 0 Å². The molecule has 1 saturated heterocycles. The van der Waals surface area contributed by atoms with E-state index in [2.05, 4.69) is 28.5 Å². The molecule has 5 heteroatoms. The standard InChI is InChI=1S/C19H23N3O2/c1-22-18(23)10-17(19(22)16-7-4-8-20-12-16)21-11-14-5-3-6-15(9-14)13-24-2/h3-9,12,17,19,21H,10-11,13H2,1-2H3/t17-,19+/m1/s1. The van der Waals surface area contributed by atoms with Crippen LogP contribution >= 0.6 is 0 Å². The number of likely N-dealkylation sites (tertiary alicyclic amines) is 1. The number of amides is 1. The van der Waals surface area contributed by atoms with Crippen molar-refractivity contribution in [1.29, 1.82) is 0 Å². The van der Waals surface area contributed by atoms with Crippen molar-refractivity contribution in [2.24, 2.45) is 0 Å². The van der Waals surface area contributed by atoms with Crippen LogP contribution in [0.5, 0.6) is 0 Å². The van der Waals surface area contributed by atoms with E-state index in [1.165, 1.54) is 5.56 Å². The second-order valence-electron chi connectivity index (χ2n) is 6.18. The summed E-state index contributed by atoms with van der Waals surface area (Å²) in [5.41, 5.74) is 3.41. The van der Waals surface area contributed by atoms with Crippen LogP contribution < -0.4 is 5.32 Å². The summed E-state index contributed by atoms with van der Waals surface area (Å²) < 4.78 is 5.19. The summed E-state index contributed by atoms with van der Waals surface area (Å²) in [6.45, 7) is 1.33. The largest absolute Gasteiger partial charge is 0.380 e. The summed E-state index contributed by atoms with van der Waals surface area (Å²) in [7, 11) is 3.56. The number of carbonyl (C=O) groups is 1. The lowest BCUT2D eigenvalue weighted by molar-refractivity contribution is -0.127. The molecular formula is C19H23N3O2. The Balaban J connectivity index is 1.71. The number of hydrogen-bond donors (Lipinski definition) is 1. The number of ether oxygens (including phenoxy) is 1. The molecule has 0 spiro atoms. The zero-order chi connectivity index (χ0) is 16.9. The Hall–Kier alpha value is -2.24. The highest BCUT2D eigenvalue weighted by Crippen LogP contribution is 2.31. The van der Waals surface area contributed by atoms with Gasteiger partial charge >= 0.3 is 0 Å². The second kappa shape index (κ2) is 7.55. The Kier molecular flexibility index (Phi) is 5.23. The number of benzene rings is 1. The van der Waals surface area contributed by atoms with Gasteiger partial charge in [0.25, 0.3) is 0 Å². The third-order valence-corrected chi connectivity index (χ3v) is 4.48. The normalized spacial score (nSPS) is 20.6. The molecule has 1 aliphatic rings. The van der Waals surface area contributed by atoms with Crippen molar-refractivity contribution < 1.29 is 9.53 Å². The number of nitrogens with zero attached hydrogens (tertiary/aromatic N) is 2. The molecule has 1 amide bonds. The predicted octanol–water partition coefficient (Wildman–Crippen LogP) is 2.29. The maximum absolute atomic E-state index is 12.2. The van der Waals surface area contributed by atoms with Crippen LogP contribution in [0.2, 0.25) is 0 Å². The highest BCUT2D eigenvalue weighted by molar-refractivity contribution is 5.80. The zero-order valence-electron chi connectivity index (χ0n) is 14.1. The van der Waals surface area contributed by atoms with E-state index in [0.29, 0.717) is 13.0 Å². The third kappa shape index (κ3) is 3.63. The number of nitrogens with one attached hydrogen (secondary N) is 1. The summed E-state index contributed by atoms with van der Waals surface area (Å²) in [5, 5.41) is 3.55. The molecule has 0 unspecified atom stereocenters. The molecule has 1 aliphatic heterocycles. The predicted molar refractivity (Wildman–Crippen MR) is 92.1 cm³/mol. The van der Waals surface area contributed by atoms with E-state index >= 15 is 0 Å². The molecule has 126 valence electrons. The molecule has 1 aromatic heterocycles. The van der Waals surface area contributed by atoms with Crippen molar-refractivity contribution in [3.63, 3.8) is 0 Å². The SMILES string of the molecule is COCc1cccc(CN[C@@H]2CC(=O)N(C)[C@H]2c2cccnc2)c1. The summed E-state index contributed by atoms with van der Waals surface area (Å²) in [4.78, 5) is 18.2. The van der Waals surface area contributed by atoms with Crippen LogP contribution in [0.25, 0.3) is 0 Å². The minimum Gasteiger partial charge on any atom is -0.380 e. The first kappa shape index (κ1) is 16.6. The van der Waals surface area contributed by atoms with Gasteiger partial charge in [0, 0.05) is 45.6 Å². The molecule has 2 heterocycles. The first-order valence-corrected chi connectivity index (χ1v) is 8.14. The van der Waals surface area contributed by atoms with E-state index < -0.39 is 0 Å². The van der Waals surface area contributed by atoms with Gasteiger partial charge in [-0.05, 0) is 22.8 Å². The molecule has 2 aromatic rings. The van der Waals surface area contributed by atoms with Gasteiger partial charge in [-0.3, -0.25) is 9.78 Å². The summed E-state index contributed by atoms with van der Waals surface area (Å²) in [6.07, 6.45) is 4.10. The van der Waals surface area contributed by atoms with Gasteiger partial charge in [-0.1, -0.05) is 30.3 Å². The van der Waals surface area contributed by atoms with E-state index in [1.54, 1.807) is 13.3 Å². The van der Waals surface area contributed by atoms with Crippen molar-refractivity contribution in [1.82, 2.24) is 15.2 Å². The number of aromatic nitrogens is 1. The van der Waals surface area contributed by atoms with Crippen molar-refractivity contribution >= 4 is 5.91 Å². The fraction of sp³-hybridized carbons (Fsp3) is 0.368. The molecule has 1 N–H and O–H groups in total. The Morgan fingerprint density at radius 3 is 2.88 bits per heavy atom. The second-order valence-corrected chi connectivity index (χ2v) is 6.18. The maximum Gasteiger partial charge on any atom is 0.224 e. The van der Waals surface area contributed by atoms with Gasteiger partial charge in [-0.25, -0.2) is 0 Å². The first-order chi connectivity index (χ1) is 11.7. The van der Waals surface area contributed by atoms with E-state index in [-0.39, 0.29) is 18.0 Å². The molecule has 0 saturated carbocycles. The highest BCUT2D eigenvalue weighted by atomic mass is 16.5. The van der Waals surface area contributed by atoms with E-state index in [0.717, 1.165) is 17.7 Å². The number of methoxy groups -OCH3 is 1. The van der Waals surface area contributed by atoms with Gasteiger partial charge in [0.15, 0.2) is 0 Å². The maximum atomic E-state index is 12.2. The molecule has 0 bridgehead atoms. The summed E-state index contributed by atoms with van der Waals surface area (Å²) >= 11 is 0. The van der Waals surface area contributed by atoms with Gasteiger partial charge in [0.05, 0.1) is 12.6 Å². The van der Waals surface area contributed by atoms with Crippen LogP contribution in [-0.4, -0.2) is 36.0 Å². The molecule has 1 aromatic carbocycles. The fourth-order valence-electron chi connectivity index (χ4n) is 3.30. The number of pyridine rings is 1. The zero-order valence-corrected chi connectivity index (χ0v) is 14.1. The van der Waals surface area contributed by atoms with Crippen LogP contribution in [0.4, 0.5) is 0 Å². The van der Waals surface area contributed by atoms with Crippen LogP contribution in [-0.2, 0) is 22.7 Å². The summed E-state index contributed by atoms with van der Waals surface area (Å²) in [5.74, 6) is 0.162. The lowest BCUT2D eigenvalue weighted by atomic mass is 10.0. The number of likely N-dealkylation sites (N-methyl/N-ethyl adjacent to an activating group) is 1. The van der Waals surface area contributed by atoms with Crippen LogP contribution in [0.15, 0.2) is 48.8 Å². The van der Waals surface area contributed by atoms with Crippen LogP contribution in [0.3, 0.4) is 0 Å². The fourth-order valence-corrected chi connectivity index (χ4v) is 3.30. The summed E-state index contributed by atoms with van der Waals surface area (Å²) in [6, 6.07) is 12.4. The minimum absolute atomic E-state index is 0.0216. The van der Waals surface area contributed by atoms with Crippen molar-refractivity contribution in [3.05, 3.63) is 65.5 Å². The number of carbonyl (C=O) groups excluding carboxylic acids is 1. The van der Waals surface area contributed by atoms with E-state index in [4.69, 9.17) is 4.74 Å². The Bertz CT molecular complexity index is 690. The third-order valence-electron chi connectivity index (χ3n) is 4.48. The average molecular weight is 325 g/mol. The molecule has 3 rings (SSSR count). The Labute approximate surface area is 142 Å². The number of hydrogen-bond acceptors (Lipinski definition) is 4. The van der Waals surface area contributed by atoms with Gasteiger partial charge in [0.2, 0.25) is 5.91 Å². The Morgan fingerprint density at radius 2 is 2.12 bits per heavy atom. The lowest BCUT2D eigenvalue weighted by Gasteiger charge is -2.26. The van der Waals surface area contributed by atoms with Crippen LogP contribution in [0.1, 0.15) is 29.2 Å². The van der Waals surface area contributed by atoms with Crippen molar-refractivity contribution in [3.8, 4) is 0 Å². The lowest BCUT2D eigenvalue weighted by Crippen LogP contribution is -2.34. The topological polar surface area (TPSA) is 54.5 Å². The molecule has 0 aliphatic carbocycles. The van der Waals surface area contributed by atoms with Gasteiger partial charge in [-0.2, -0.15) is 0 Å². The van der Waals surface area contributed by atoms with Crippen LogP contribution in [0, 0.1) is 0 Å². The molecule has 0 radical (unpaired) electrons. The first-order valence-electron chi connectivity index (χ1n) is 8.14. The average Bonchev–Trinajstić information content (AvgIpc) is 2.89.